The van der Waals surface area contributed by atoms with Gasteiger partial charge in [0.2, 0.25) is 0 Å². The van der Waals surface area contributed by atoms with Gasteiger partial charge in [-0.15, -0.1) is 0 Å². The second-order valence-corrected chi connectivity index (χ2v) is 5.02. The van der Waals surface area contributed by atoms with Gasteiger partial charge in [-0.05, 0) is 45.1 Å². The molecule has 1 heteroatoms. The van der Waals surface area contributed by atoms with Crippen molar-refractivity contribution in [1.82, 2.24) is 0 Å². The lowest BCUT2D eigenvalue weighted by molar-refractivity contribution is 0.813. The summed E-state index contributed by atoms with van der Waals surface area (Å²) < 4.78 is 0. The summed E-state index contributed by atoms with van der Waals surface area (Å²) in [7, 11) is 0. The van der Waals surface area contributed by atoms with Crippen LogP contribution in [0.3, 0.4) is 0 Å². The third-order valence-corrected chi connectivity index (χ3v) is 2.98. The molecule has 0 aliphatic rings. The van der Waals surface area contributed by atoms with Crippen LogP contribution in [0.15, 0.2) is 60.8 Å². The van der Waals surface area contributed by atoms with Crippen LogP contribution in [0.25, 0.3) is 0 Å². The normalized spacial score (nSPS) is 13.0. The molecule has 0 radical (unpaired) electrons. The predicted octanol–water partition coefficient (Wildman–Crippen LogP) is 5.87. The lowest BCUT2D eigenvalue weighted by Gasteiger charge is -1.87. The summed E-state index contributed by atoms with van der Waals surface area (Å²) in [5.41, 5.74) is 5.41. The molecule has 0 spiro atoms. The van der Waals surface area contributed by atoms with Gasteiger partial charge in [-0.2, -0.15) is 0 Å². The van der Waals surface area contributed by atoms with Gasteiger partial charge in [-0.1, -0.05) is 80.5 Å². The molecule has 21 heavy (non-hydrogen) atoms. The highest BCUT2D eigenvalue weighted by Crippen LogP contribution is 1.98. The van der Waals surface area contributed by atoms with Crippen molar-refractivity contribution in [2.75, 3.05) is 6.54 Å². The molecular weight excluding hydrogens is 254 g/mol. The Hall–Kier alpha value is -1.34. The molecule has 0 aliphatic heterocycles. The fraction of sp³-hybridized carbons (Fsp3) is 0.500. The van der Waals surface area contributed by atoms with Gasteiger partial charge in [0.1, 0.15) is 0 Å². The molecule has 0 aliphatic carbocycles. The Morgan fingerprint density at radius 1 is 0.571 bits per heavy atom. The monoisotopic (exact) mass is 287 g/mol. The van der Waals surface area contributed by atoms with E-state index >= 15 is 0 Å². The van der Waals surface area contributed by atoms with Crippen molar-refractivity contribution < 1.29 is 0 Å². The van der Waals surface area contributed by atoms with E-state index in [0.717, 1.165) is 38.6 Å². The largest absolute Gasteiger partial charge is 0.330 e. The summed E-state index contributed by atoms with van der Waals surface area (Å²) in [6.45, 7) is 2.97. The van der Waals surface area contributed by atoms with Gasteiger partial charge in [-0.3, -0.25) is 0 Å². The zero-order chi connectivity index (χ0) is 15.4. The standard InChI is InChI=1S/C20H33N/c1-2-3-4-5-6-7-8-9-10-11-12-13-14-15-16-17-18-19-20-21/h5-6,8-9,11-12,14-15,17-18H,2-4,7,10,13,16,19-21H2,1H3. The molecule has 0 aromatic carbocycles. The van der Waals surface area contributed by atoms with E-state index in [1.165, 1.54) is 19.3 Å². The van der Waals surface area contributed by atoms with Gasteiger partial charge in [0.25, 0.3) is 0 Å². The van der Waals surface area contributed by atoms with Crippen LogP contribution >= 0.6 is 0 Å². The number of hydrogen-bond acceptors (Lipinski definition) is 1. The summed E-state index contributed by atoms with van der Waals surface area (Å²) in [6.07, 6.45) is 31.1. The van der Waals surface area contributed by atoms with E-state index in [9.17, 15) is 0 Å². The highest BCUT2D eigenvalue weighted by molar-refractivity contribution is 5.00. The van der Waals surface area contributed by atoms with Crippen molar-refractivity contribution in [2.24, 2.45) is 5.73 Å². The van der Waals surface area contributed by atoms with Gasteiger partial charge < -0.3 is 5.73 Å². The van der Waals surface area contributed by atoms with Crippen LogP contribution in [0.5, 0.6) is 0 Å². The molecule has 0 rings (SSSR count). The van der Waals surface area contributed by atoms with Gasteiger partial charge in [0.15, 0.2) is 0 Å². The van der Waals surface area contributed by atoms with Gasteiger partial charge in [0, 0.05) is 0 Å². The van der Waals surface area contributed by atoms with E-state index in [2.05, 4.69) is 67.7 Å². The average Bonchev–Trinajstić information content (AvgIpc) is 2.50. The van der Waals surface area contributed by atoms with E-state index in [1.807, 2.05) is 0 Å². The molecule has 0 unspecified atom stereocenters. The second kappa shape index (κ2) is 18.7. The topological polar surface area (TPSA) is 26.0 Å². The Bertz CT molecular complexity index is 332. The van der Waals surface area contributed by atoms with Gasteiger partial charge in [-0.25, -0.2) is 0 Å². The molecule has 0 fully saturated rings. The lowest BCUT2D eigenvalue weighted by Crippen LogP contribution is -1.94. The average molecular weight is 287 g/mol. The Kier molecular flexibility index (Phi) is 17.5. The van der Waals surface area contributed by atoms with E-state index in [4.69, 9.17) is 5.73 Å². The maximum Gasteiger partial charge on any atom is -0.00426 e. The third kappa shape index (κ3) is 18.7. The molecule has 2 N–H and O–H groups in total. The molecule has 0 bridgehead atoms. The Morgan fingerprint density at radius 2 is 0.952 bits per heavy atom. The minimum absolute atomic E-state index is 0.741. The fourth-order valence-corrected chi connectivity index (χ4v) is 1.74. The van der Waals surface area contributed by atoms with Crippen LogP contribution in [-0.2, 0) is 0 Å². The van der Waals surface area contributed by atoms with Crippen LogP contribution in [0.2, 0.25) is 0 Å². The first-order valence-corrected chi connectivity index (χ1v) is 8.36. The molecule has 0 saturated carbocycles. The highest BCUT2D eigenvalue weighted by atomic mass is 14.5. The molecule has 0 amide bonds. The van der Waals surface area contributed by atoms with Gasteiger partial charge >= 0.3 is 0 Å². The van der Waals surface area contributed by atoms with Crippen molar-refractivity contribution >= 4 is 0 Å². The van der Waals surface area contributed by atoms with Crippen molar-refractivity contribution in [3.8, 4) is 0 Å². The van der Waals surface area contributed by atoms with Crippen LogP contribution in [-0.4, -0.2) is 6.54 Å². The molecule has 1 nitrogen and oxygen atoms in total. The minimum atomic E-state index is 0.741. The molecule has 0 atom stereocenters. The van der Waals surface area contributed by atoms with Crippen LogP contribution in [0.4, 0.5) is 0 Å². The minimum Gasteiger partial charge on any atom is -0.330 e. The molecule has 0 aromatic heterocycles. The Balaban J connectivity index is 3.43. The summed E-state index contributed by atoms with van der Waals surface area (Å²) in [6, 6.07) is 0. The quantitative estimate of drug-likeness (QED) is 0.333. The zero-order valence-electron chi connectivity index (χ0n) is 13.7. The maximum atomic E-state index is 5.41. The number of allylic oxidation sites excluding steroid dienone is 9. The van der Waals surface area contributed by atoms with Crippen molar-refractivity contribution in [2.45, 2.75) is 58.3 Å². The van der Waals surface area contributed by atoms with Crippen molar-refractivity contribution in [1.29, 1.82) is 0 Å². The van der Waals surface area contributed by atoms with Crippen molar-refractivity contribution in [3.63, 3.8) is 0 Å². The van der Waals surface area contributed by atoms with Crippen LogP contribution < -0.4 is 5.73 Å². The first-order valence-electron chi connectivity index (χ1n) is 8.36. The molecular formula is C20H33N. The first-order chi connectivity index (χ1) is 10.4. The van der Waals surface area contributed by atoms with E-state index in [1.54, 1.807) is 0 Å². The summed E-state index contributed by atoms with van der Waals surface area (Å²) >= 11 is 0. The van der Waals surface area contributed by atoms with Crippen LogP contribution in [0.1, 0.15) is 58.3 Å². The molecule has 0 saturated heterocycles. The Labute approximate surface area is 132 Å². The summed E-state index contributed by atoms with van der Waals surface area (Å²) in [5.74, 6) is 0. The SMILES string of the molecule is CCCCC=CCC=CCC=CCC=CCC=CCCN. The lowest BCUT2D eigenvalue weighted by atomic mass is 10.2. The predicted molar refractivity (Wildman–Crippen MR) is 97.4 cm³/mol. The zero-order valence-corrected chi connectivity index (χ0v) is 13.7. The molecule has 0 heterocycles. The van der Waals surface area contributed by atoms with E-state index < -0.39 is 0 Å². The first kappa shape index (κ1) is 19.7. The number of rotatable bonds is 13. The smallest absolute Gasteiger partial charge is 0.00426 e. The maximum absolute atomic E-state index is 5.41. The van der Waals surface area contributed by atoms with E-state index in [-0.39, 0.29) is 0 Å². The number of unbranched alkanes of at least 4 members (excludes halogenated alkanes) is 2. The molecule has 118 valence electrons. The number of nitrogens with two attached hydrogens (primary N) is 1. The summed E-state index contributed by atoms with van der Waals surface area (Å²) in [5, 5.41) is 0. The van der Waals surface area contributed by atoms with Crippen molar-refractivity contribution in [3.05, 3.63) is 60.8 Å². The van der Waals surface area contributed by atoms with Crippen LogP contribution in [0, 0.1) is 0 Å². The summed E-state index contributed by atoms with van der Waals surface area (Å²) in [4.78, 5) is 0. The Morgan fingerprint density at radius 3 is 1.33 bits per heavy atom. The highest BCUT2D eigenvalue weighted by Gasteiger charge is 1.77. The molecule has 0 aromatic rings. The third-order valence-electron chi connectivity index (χ3n) is 2.98. The van der Waals surface area contributed by atoms with Gasteiger partial charge in [0.05, 0.1) is 0 Å². The number of hydrogen-bond donors (Lipinski definition) is 1. The van der Waals surface area contributed by atoms with E-state index in [0.29, 0.717) is 0 Å². The fourth-order valence-electron chi connectivity index (χ4n) is 1.74. The second-order valence-electron chi connectivity index (χ2n) is 5.02.